The molecule has 0 aromatic rings. The number of carbonyl (C=O) groups is 2. The van der Waals surface area contributed by atoms with Crippen LogP contribution in [0.5, 0.6) is 0 Å². The number of hydrogen-bond acceptors (Lipinski definition) is 4. The van der Waals surface area contributed by atoms with Gasteiger partial charge in [0.2, 0.25) is 5.91 Å². The second-order valence-corrected chi connectivity index (χ2v) is 3.51. The Balaban J connectivity index is 1.96. The second-order valence-electron chi connectivity index (χ2n) is 3.51. The first kappa shape index (κ1) is 11.9. The van der Waals surface area contributed by atoms with E-state index in [4.69, 9.17) is 10.5 Å². The van der Waals surface area contributed by atoms with Gasteiger partial charge in [0, 0.05) is 6.61 Å². The van der Waals surface area contributed by atoms with E-state index in [9.17, 15) is 9.59 Å². The predicted octanol–water partition coefficient (Wildman–Crippen LogP) is -0.660. The van der Waals surface area contributed by atoms with E-state index in [1.165, 1.54) is 0 Å². The summed E-state index contributed by atoms with van der Waals surface area (Å²) in [6.07, 6.45) is 3.42. The molecule has 1 atom stereocenters. The third kappa shape index (κ3) is 5.34. The molecule has 3 amide bonds. The van der Waals surface area contributed by atoms with Crippen molar-refractivity contribution in [3.63, 3.8) is 0 Å². The molecule has 0 aliphatic carbocycles. The van der Waals surface area contributed by atoms with Crippen molar-refractivity contribution in [2.24, 2.45) is 5.73 Å². The molecule has 1 unspecified atom stereocenters. The summed E-state index contributed by atoms with van der Waals surface area (Å²) in [5.74, 6) is -0.408. The van der Waals surface area contributed by atoms with Crippen molar-refractivity contribution < 1.29 is 14.3 Å². The van der Waals surface area contributed by atoms with Crippen molar-refractivity contribution in [3.05, 3.63) is 0 Å². The first-order chi connectivity index (χ1) is 7.18. The van der Waals surface area contributed by atoms with Crippen molar-refractivity contribution in [1.29, 1.82) is 0 Å². The number of imide groups is 1. The van der Waals surface area contributed by atoms with Gasteiger partial charge in [-0.2, -0.15) is 0 Å². The van der Waals surface area contributed by atoms with E-state index >= 15 is 0 Å². The third-order valence-corrected chi connectivity index (χ3v) is 2.22. The second kappa shape index (κ2) is 6.36. The number of primary amides is 1. The number of urea groups is 1. The highest BCUT2D eigenvalue weighted by molar-refractivity contribution is 5.94. The molecule has 0 saturated carbocycles. The van der Waals surface area contributed by atoms with Crippen LogP contribution in [0.1, 0.15) is 19.3 Å². The molecule has 1 rings (SSSR count). The molecule has 6 heteroatoms. The molecule has 1 aliphatic rings. The molecule has 1 heterocycles. The van der Waals surface area contributed by atoms with Crippen molar-refractivity contribution in [2.45, 2.75) is 25.4 Å². The fourth-order valence-corrected chi connectivity index (χ4v) is 1.52. The molecule has 0 bridgehead atoms. The molecule has 1 fully saturated rings. The van der Waals surface area contributed by atoms with Crippen LogP contribution in [0.15, 0.2) is 0 Å². The van der Waals surface area contributed by atoms with Gasteiger partial charge >= 0.3 is 6.03 Å². The Morgan fingerprint density at radius 2 is 2.27 bits per heavy atom. The van der Waals surface area contributed by atoms with Gasteiger partial charge in [0.1, 0.15) is 0 Å². The molecule has 0 spiro atoms. The van der Waals surface area contributed by atoms with Crippen LogP contribution in [-0.2, 0) is 9.53 Å². The topological polar surface area (TPSA) is 93.5 Å². The monoisotopic (exact) mass is 215 g/mol. The molecule has 15 heavy (non-hydrogen) atoms. The maximum Gasteiger partial charge on any atom is 0.318 e. The Labute approximate surface area is 88.5 Å². The Morgan fingerprint density at radius 1 is 1.47 bits per heavy atom. The van der Waals surface area contributed by atoms with Crippen LogP contribution in [0, 0.1) is 0 Å². The molecule has 1 aliphatic heterocycles. The molecule has 0 aromatic carbocycles. The lowest BCUT2D eigenvalue weighted by Crippen LogP contribution is -2.41. The number of ether oxygens (including phenoxy) is 1. The van der Waals surface area contributed by atoms with Crippen LogP contribution in [0.3, 0.4) is 0 Å². The molecule has 86 valence electrons. The highest BCUT2D eigenvalue weighted by atomic mass is 16.5. The average Bonchev–Trinajstić information content (AvgIpc) is 2.63. The van der Waals surface area contributed by atoms with E-state index in [0.29, 0.717) is 12.6 Å². The largest absolute Gasteiger partial charge is 0.378 e. The highest BCUT2D eigenvalue weighted by Crippen LogP contribution is 2.14. The van der Waals surface area contributed by atoms with E-state index in [-0.39, 0.29) is 6.54 Å². The van der Waals surface area contributed by atoms with Gasteiger partial charge in [-0.15, -0.1) is 0 Å². The first-order valence-corrected chi connectivity index (χ1v) is 5.10. The van der Waals surface area contributed by atoms with Crippen molar-refractivity contribution >= 4 is 11.9 Å². The van der Waals surface area contributed by atoms with Crippen molar-refractivity contribution in [3.8, 4) is 0 Å². The smallest absolute Gasteiger partial charge is 0.318 e. The van der Waals surface area contributed by atoms with Crippen molar-refractivity contribution in [1.82, 2.24) is 10.6 Å². The highest BCUT2D eigenvalue weighted by Gasteiger charge is 2.14. The number of nitrogens with two attached hydrogens (primary N) is 1. The molecule has 6 nitrogen and oxygen atoms in total. The van der Waals surface area contributed by atoms with E-state index in [0.717, 1.165) is 25.9 Å². The summed E-state index contributed by atoms with van der Waals surface area (Å²) in [6.45, 7) is 1.65. The van der Waals surface area contributed by atoms with Gasteiger partial charge in [-0.3, -0.25) is 10.1 Å². The van der Waals surface area contributed by atoms with Gasteiger partial charge in [-0.05, 0) is 25.8 Å². The van der Waals surface area contributed by atoms with E-state index in [1.807, 2.05) is 5.32 Å². The standard InChI is InChI=1S/C9H17N3O3/c10-9(14)12-8(13)6-11-4-3-7-2-1-5-15-7/h7,11H,1-6H2,(H3,10,12,13,14). The summed E-state index contributed by atoms with van der Waals surface area (Å²) < 4.78 is 5.41. The Bertz CT molecular complexity index is 227. The van der Waals surface area contributed by atoms with Gasteiger partial charge in [0.25, 0.3) is 0 Å². The zero-order valence-corrected chi connectivity index (χ0v) is 8.62. The molecule has 1 saturated heterocycles. The Kier molecular flexibility index (Phi) is 5.06. The molecule has 0 aromatic heterocycles. The van der Waals surface area contributed by atoms with Crippen LogP contribution in [0.25, 0.3) is 0 Å². The van der Waals surface area contributed by atoms with Gasteiger partial charge in [0.15, 0.2) is 0 Å². The predicted molar refractivity (Wildman–Crippen MR) is 54.2 cm³/mol. The SMILES string of the molecule is NC(=O)NC(=O)CNCCC1CCCO1. The minimum absolute atomic E-state index is 0.107. The first-order valence-electron chi connectivity index (χ1n) is 5.10. The fraction of sp³-hybridized carbons (Fsp3) is 0.778. The normalized spacial score (nSPS) is 20.1. The fourth-order valence-electron chi connectivity index (χ4n) is 1.52. The maximum atomic E-state index is 10.9. The number of nitrogens with one attached hydrogen (secondary N) is 2. The van der Waals surface area contributed by atoms with Crippen LogP contribution in [-0.4, -0.2) is 37.7 Å². The van der Waals surface area contributed by atoms with Crippen LogP contribution in [0.4, 0.5) is 4.79 Å². The summed E-state index contributed by atoms with van der Waals surface area (Å²) in [5, 5.41) is 4.89. The Hall–Kier alpha value is -1.14. The lowest BCUT2D eigenvalue weighted by atomic mass is 10.2. The summed E-state index contributed by atoms with van der Waals surface area (Å²) in [6, 6.07) is -0.819. The summed E-state index contributed by atoms with van der Waals surface area (Å²) in [4.78, 5) is 21.2. The molecule has 4 N–H and O–H groups in total. The van der Waals surface area contributed by atoms with E-state index < -0.39 is 11.9 Å². The number of rotatable bonds is 5. The van der Waals surface area contributed by atoms with E-state index in [2.05, 4.69) is 5.32 Å². The van der Waals surface area contributed by atoms with Gasteiger partial charge in [0.05, 0.1) is 12.6 Å². The quantitative estimate of drug-likeness (QED) is 0.531. The maximum absolute atomic E-state index is 10.9. The summed E-state index contributed by atoms with van der Waals surface area (Å²) in [5.41, 5.74) is 4.78. The zero-order valence-electron chi connectivity index (χ0n) is 8.62. The zero-order chi connectivity index (χ0) is 11.1. The molecular formula is C9H17N3O3. The Morgan fingerprint density at radius 3 is 2.87 bits per heavy atom. The van der Waals surface area contributed by atoms with Crippen molar-refractivity contribution in [2.75, 3.05) is 19.7 Å². The van der Waals surface area contributed by atoms with Gasteiger partial charge in [-0.25, -0.2) is 4.79 Å². The number of amides is 3. The minimum atomic E-state index is -0.819. The number of carbonyl (C=O) groups excluding carboxylic acids is 2. The van der Waals surface area contributed by atoms with Crippen LogP contribution < -0.4 is 16.4 Å². The van der Waals surface area contributed by atoms with Crippen LogP contribution >= 0.6 is 0 Å². The molecule has 0 radical (unpaired) electrons. The van der Waals surface area contributed by atoms with Gasteiger partial charge in [-0.1, -0.05) is 0 Å². The lowest BCUT2D eigenvalue weighted by molar-refractivity contribution is -0.119. The van der Waals surface area contributed by atoms with Crippen LogP contribution in [0.2, 0.25) is 0 Å². The summed E-state index contributed by atoms with van der Waals surface area (Å²) >= 11 is 0. The van der Waals surface area contributed by atoms with E-state index in [1.54, 1.807) is 0 Å². The summed E-state index contributed by atoms with van der Waals surface area (Å²) in [7, 11) is 0. The lowest BCUT2D eigenvalue weighted by Gasteiger charge is -2.09. The van der Waals surface area contributed by atoms with Gasteiger partial charge < -0.3 is 15.8 Å². The average molecular weight is 215 g/mol. The minimum Gasteiger partial charge on any atom is -0.378 e. The third-order valence-electron chi connectivity index (χ3n) is 2.22. The molecular weight excluding hydrogens is 198 g/mol. The number of hydrogen-bond donors (Lipinski definition) is 3.